The van der Waals surface area contributed by atoms with Gasteiger partial charge in [-0.1, -0.05) is 6.07 Å². The predicted octanol–water partition coefficient (Wildman–Crippen LogP) is 3.47. The van der Waals surface area contributed by atoms with Crippen molar-refractivity contribution in [2.45, 2.75) is 12.5 Å². The van der Waals surface area contributed by atoms with Gasteiger partial charge in [0.15, 0.2) is 5.43 Å². The van der Waals surface area contributed by atoms with Crippen LogP contribution in [0, 0.1) is 0 Å². The maximum absolute atomic E-state index is 13.4. The number of H-pyrrole nitrogens is 1. The van der Waals surface area contributed by atoms with Crippen LogP contribution in [0.1, 0.15) is 18.1 Å². The van der Waals surface area contributed by atoms with E-state index in [4.69, 9.17) is 9.05 Å². The molecular formula is C20H16N3O4P. The minimum Gasteiger partial charge on any atom is -0.359 e. The van der Waals surface area contributed by atoms with Crippen molar-refractivity contribution in [3.63, 3.8) is 0 Å². The quantitative estimate of drug-likeness (QED) is 0.414. The van der Waals surface area contributed by atoms with Gasteiger partial charge in [-0.05, 0) is 29.8 Å². The van der Waals surface area contributed by atoms with Crippen molar-refractivity contribution in [3.05, 3.63) is 77.0 Å². The highest BCUT2D eigenvalue weighted by atomic mass is 31.2. The summed E-state index contributed by atoms with van der Waals surface area (Å²) >= 11 is 0. The Labute approximate surface area is 159 Å². The second-order valence-electron chi connectivity index (χ2n) is 6.59. The highest BCUT2D eigenvalue weighted by Crippen LogP contribution is 2.55. The number of rotatable bonds is 2. The number of hydrogen-bond acceptors (Lipinski definition) is 6. The van der Waals surface area contributed by atoms with Crippen LogP contribution in [0.3, 0.4) is 0 Å². The van der Waals surface area contributed by atoms with Crippen LogP contribution in [-0.2, 0) is 13.6 Å². The van der Waals surface area contributed by atoms with Crippen molar-refractivity contribution in [3.8, 4) is 0 Å². The normalized spacial score (nSPS) is 22.5. The number of hydrogen-bond donors (Lipinski definition) is 1. The lowest BCUT2D eigenvalue weighted by Gasteiger charge is -2.30. The monoisotopic (exact) mass is 393 g/mol. The van der Waals surface area contributed by atoms with E-state index in [2.05, 4.69) is 15.0 Å². The van der Waals surface area contributed by atoms with E-state index >= 15 is 0 Å². The Balaban J connectivity index is 1.57. The van der Waals surface area contributed by atoms with Crippen LogP contribution in [0.5, 0.6) is 0 Å². The molecule has 2 unspecified atom stereocenters. The van der Waals surface area contributed by atoms with Crippen molar-refractivity contribution in [2.75, 3.05) is 6.61 Å². The highest BCUT2D eigenvalue weighted by molar-refractivity contribution is 7.62. The molecule has 1 fully saturated rings. The summed E-state index contributed by atoms with van der Waals surface area (Å²) in [6.07, 6.45) is 6.75. The molecule has 8 heteroatoms. The number of aromatic nitrogens is 3. The largest absolute Gasteiger partial charge is 0.363 e. The molecule has 0 amide bonds. The smallest absolute Gasteiger partial charge is 0.359 e. The molecule has 3 aromatic heterocycles. The maximum atomic E-state index is 13.4. The van der Waals surface area contributed by atoms with Gasteiger partial charge in [-0.25, -0.2) is 0 Å². The third kappa shape index (κ3) is 2.85. The Hall–Kier alpha value is -2.86. The summed E-state index contributed by atoms with van der Waals surface area (Å²) in [5.74, 6) is 0. The van der Waals surface area contributed by atoms with E-state index in [1.54, 1.807) is 36.8 Å². The highest BCUT2D eigenvalue weighted by Gasteiger charge is 2.36. The van der Waals surface area contributed by atoms with Gasteiger partial charge in [0.2, 0.25) is 0 Å². The molecule has 0 aliphatic carbocycles. The molecule has 7 nitrogen and oxygen atoms in total. The van der Waals surface area contributed by atoms with Crippen LogP contribution >= 0.6 is 7.60 Å². The third-order valence-electron chi connectivity index (χ3n) is 4.87. The van der Waals surface area contributed by atoms with Gasteiger partial charge in [-0.15, -0.1) is 0 Å². The molecule has 2 atom stereocenters. The zero-order valence-corrected chi connectivity index (χ0v) is 15.6. The lowest BCUT2D eigenvalue weighted by atomic mass is 10.1. The van der Waals surface area contributed by atoms with Crippen molar-refractivity contribution in [1.29, 1.82) is 0 Å². The van der Waals surface area contributed by atoms with Crippen LogP contribution in [0.15, 0.2) is 66.0 Å². The van der Waals surface area contributed by atoms with Gasteiger partial charge in [-0.3, -0.25) is 23.9 Å². The van der Waals surface area contributed by atoms with E-state index in [-0.39, 0.29) is 11.5 Å². The molecule has 0 radical (unpaired) electrons. The zero-order chi connectivity index (χ0) is 19.1. The molecule has 4 aromatic rings. The Morgan fingerprint density at radius 1 is 1.14 bits per heavy atom. The van der Waals surface area contributed by atoms with Crippen molar-refractivity contribution in [2.24, 2.45) is 0 Å². The molecule has 1 N–H and O–H groups in total. The molecule has 28 heavy (non-hydrogen) atoms. The number of nitrogens with zero attached hydrogens (tertiary/aromatic N) is 2. The SMILES string of the molecule is O=c1cc[nH]c2c1ccc1cc(P3(=O)OCCC(c4ccncc4)O3)cnc12. The molecular weight excluding hydrogens is 377 g/mol. The minimum atomic E-state index is -3.52. The summed E-state index contributed by atoms with van der Waals surface area (Å²) in [7, 11) is -3.52. The van der Waals surface area contributed by atoms with Crippen LogP contribution in [0.25, 0.3) is 21.8 Å². The topological polar surface area (TPSA) is 94.2 Å². The number of aromatic amines is 1. The van der Waals surface area contributed by atoms with Gasteiger partial charge in [0, 0.05) is 48.0 Å². The van der Waals surface area contributed by atoms with E-state index in [0.717, 1.165) is 10.9 Å². The molecule has 0 spiro atoms. The van der Waals surface area contributed by atoms with E-state index in [1.807, 2.05) is 12.1 Å². The lowest BCUT2D eigenvalue weighted by Crippen LogP contribution is -2.20. The van der Waals surface area contributed by atoms with Gasteiger partial charge >= 0.3 is 7.60 Å². The Morgan fingerprint density at radius 3 is 2.86 bits per heavy atom. The molecule has 4 heterocycles. The molecule has 0 bridgehead atoms. The molecule has 1 aliphatic heterocycles. The maximum Gasteiger partial charge on any atom is 0.363 e. The molecule has 5 rings (SSSR count). The Kier molecular flexibility index (Phi) is 4.09. The van der Waals surface area contributed by atoms with Crippen LogP contribution in [0.4, 0.5) is 0 Å². The summed E-state index contributed by atoms with van der Waals surface area (Å²) < 4.78 is 24.9. The lowest BCUT2D eigenvalue weighted by molar-refractivity contribution is 0.0875. The number of benzene rings is 1. The van der Waals surface area contributed by atoms with Crippen LogP contribution in [-0.4, -0.2) is 21.6 Å². The first-order valence-electron chi connectivity index (χ1n) is 8.88. The minimum absolute atomic E-state index is 0.0755. The second-order valence-corrected chi connectivity index (χ2v) is 8.57. The predicted molar refractivity (Wildman–Crippen MR) is 106 cm³/mol. The van der Waals surface area contributed by atoms with Crippen LogP contribution < -0.4 is 10.7 Å². The van der Waals surface area contributed by atoms with E-state index in [1.165, 1.54) is 12.3 Å². The number of nitrogens with one attached hydrogen (secondary N) is 1. The first-order valence-corrected chi connectivity index (χ1v) is 10.4. The van der Waals surface area contributed by atoms with E-state index < -0.39 is 7.60 Å². The van der Waals surface area contributed by atoms with Crippen molar-refractivity contribution in [1.82, 2.24) is 15.0 Å². The van der Waals surface area contributed by atoms with Gasteiger partial charge in [0.1, 0.15) is 0 Å². The van der Waals surface area contributed by atoms with E-state index in [0.29, 0.717) is 34.8 Å². The molecule has 0 saturated carbocycles. The molecule has 1 aromatic carbocycles. The Bertz CT molecular complexity index is 1290. The van der Waals surface area contributed by atoms with Crippen molar-refractivity contribution < 1.29 is 13.6 Å². The first kappa shape index (κ1) is 17.3. The molecule has 140 valence electrons. The van der Waals surface area contributed by atoms with Gasteiger partial charge in [-0.2, -0.15) is 0 Å². The third-order valence-corrected chi connectivity index (χ3v) is 6.80. The summed E-state index contributed by atoms with van der Waals surface area (Å²) in [6, 6.07) is 10.5. The average molecular weight is 393 g/mol. The summed E-state index contributed by atoms with van der Waals surface area (Å²) in [4.78, 5) is 23.6. The first-order chi connectivity index (χ1) is 13.6. The molecule has 1 aliphatic rings. The standard InChI is InChI=1S/C20H16N3O4P/c24-17-5-9-22-20-16(17)2-1-14-11-15(12-23-19(14)20)28(25)26-10-6-18(27-28)13-3-7-21-8-4-13/h1-5,7-9,11-12,18H,6,10H2,(H,22,24). The average Bonchev–Trinajstić information content (AvgIpc) is 2.74. The van der Waals surface area contributed by atoms with Crippen LogP contribution in [0.2, 0.25) is 0 Å². The fourth-order valence-corrected chi connectivity index (χ4v) is 5.19. The summed E-state index contributed by atoms with van der Waals surface area (Å²) in [5, 5.41) is 1.71. The Morgan fingerprint density at radius 2 is 2.00 bits per heavy atom. The zero-order valence-electron chi connectivity index (χ0n) is 14.7. The van der Waals surface area contributed by atoms with E-state index in [9.17, 15) is 9.36 Å². The second kappa shape index (κ2) is 6.63. The van der Waals surface area contributed by atoms with Gasteiger partial charge < -0.3 is 9.51 Å². The molecule has 1 saturated heterocycles. The summed E-state index contributed by atoms with van der Waals surface area (Å²) in [6.45, 7) is 0.327. The van der Waals surface area contributed by atoms with Gasteiger partial charge in [0.25, 0.3) is 0 Å². The fourth-order valence-electron chi connectivity index (χ4n) is 3.45. The van der Waals surface area contributed by atoms with Gasteiger partial charge in [0.05, 0.1) is 29.0 Å². The number of pyridine rings is 3. The fraction of sp³-hybridized carbons (Fsp3) is 0.150. The number of fused-ring (bicyclic) bond motifs is 3. The van der Waals surface area contributed by atoms with Crippen molar-refractivity contribution >= 4 is 34.7 Å². The summed E-state index contributed by atoms with van der Waals surface area (Å²) in [5.41, 5.74) is 2.12.